The van der Waals surface area contributed by atoms with E-state index in [0.717, 1.165) is 5.56 Å². The van der Waals surface area contributed by atoms with Crippen LogP contribution in [0.25, 0.3) is 0 Å². The first-order chi connectivity index (χ1) is 11.3. The highest BCUT2D eigenvalue weighted by Crippen LogP contribution is 2.21. The van der Waals surface area contributed by atoms with Crippen LogP contribution in [0.4, 0.5) is 0 Å². The summed E-state index contributed by atoms with van der Waals surface area (Å²) < 4.78 is 6.52. The van der Waals surface area contributed by atoms with Gasteiger partial charge in [0.25, 0.3) is 0 Å². The number of Topliss-reactive ketones (excluding diaryl/α,β-unsaturated/α-hetero) is 1. The molecule has 0 saturated carbocycles. The minimum Gasteiger partial charge on any atom is -0.465 e. The number of H-pyrrole nitrogens is 1. The van der Waals surface area contributed by atoms with E-state index in [9.17, 15) is 9.59 Å². The van der Waals surface area contributed by atoms with Gasteiger partial charge in [-0.1, -0.05) is 0 Å². The number of esters is 1. The van der Waals surface area contributed by atoms with Gasteiger partial charge in [-0.3, -0.25) is 14.4 Å². The maximum absolute atomic E-state index is 12.8. The van der Waals surface area contributed by atoms with E-state index in [0.29, 0.717) is 29.1 Å². The lowest BCUT2D eigenvalue weighted by molar-refractivity contribution is 0.0599. The number of rotatable bonds is 6. The van der Waals surface area contributed by atoms with E-state index in [1.54, 1.807) is 24.7 Å². The average molecular weight is 332 g/mol. The molecule has 0 aliphatic carbocycles. The van der Waals surface area contributed by atoms with E-state index < -0.39 is 5.97 Å². The van der Waals surface area contributed by atoms with E-state index >= 15 is 0 Å². The molecule has 2 rings (SSSR count). The third-order valence-electron chi connectivity index (χ3n) is 4.30. The van der Waals surface area contributed by atoms with E-state index in [4.69, 9.17) is 4.74 Å². The summed E-state index contributed by atoms with van der Waals surface area (Å²) >= 11 is 0. The van der Waals surface area contributed by atoms with E-state index in [2.05, 4.69) is 10.1 Å². The van der Waals surface area contributed by atoms with Gasteiger partial charge in [-0.2, -0.15) is 5.10 Å². The van der Waals surface area contributed by atoms with Crippen molar-refractivity contribution in [1.82, 2.24) is 19.7 Å². The largest absolute Gasteiger partial charge is 0.465 e. The van der Waals surface area contributed by atoms with Crippen molar-refractivity contribution >= 4 is 11.8 Å². The number of ketones is 1. The Labute approximate surface area is 141 Å². The SMILES string of the molecule is COC(=O)c1c(C)[nH]c(C(=O)[C@H](C)N(C)Cc2cnn(C)c2)c1C. The Bertz CT molecular complexity index is 760. The molecule has 2 aromatic rings. The average Bonchev–Trinajstić information content (AvgIpc) is 3.08. The fourth-order valence-corrected chi connectivity index (χ4v) is 2.79. The van der Waals surface area contributed by atoms with Gasteiger partial charge in [0, 0.05) is 31.0 Å². The maximum atomic E-state index is 12.8. The van der Waals surface area contributed by atoms with Crippen molar-refractivity contribution in [3.63, 3.8) is 0 Å². The Morgan fingerprint density at radius 2 is 2.08 bits per heavy atom. The summed E-state index contributed by atoms with van der Waals surface area (Å²) in [5, 5.41) is 4.14. The Morgan fingerprint density at radius 1 is 1.42 bits per heavy atom. The Morgan fingerprint density at radius 3 is 2.62 bits per heavy atom. The molecule has 0 unspecified atom stereocenters. The number of aromatic amines is 1. The van der Waals surface area contributed by atoms with Gasteiger partial charge in [0.1, 0.15) is 0 Å². The van der Waals surface area contributed by atoms with Gasteiger partial charge in [0.15, 0.2) is 5.78 Å². The van der Waals surface area contributed by atoms with Crippen molar-refractivity contribution in [2.45, 2.75) is 33.4 Å². The predicted octanol–water partition coefficient (Wildman–Crippen LogP) is 1.85. The molecule has 0 aliphatic rings. The van der Waals surface area contributed by atoms with Crippen LogP contribution in [-0.4, -0.2) is 51.6 Å². The second kappa shape index (κ2) is 7.00. The van der Waals surface area contributed by atoms with Crippen LogP contribution in [0.15, 0.2) is 12.4 Å². The summed E-state index contributed by atoms with van der Waals surface area (Å²) in [7, 11) is 5.08. The molecule has 7 heteroatoms. The number of aryl methyl sites for hydroxylation is 2. The molecule has 1 atom stereocenters. The summed E-state index contributed by atoms with van der Waals surface area (Å²) in [6.45, 7) is 5.99. The van der Waals surface area contributed by atoms with Crippen LogP contribution in [0, 0.1) is 13.8 Å². The highest BCUT2D eigenvalue weighted by Gasteiger charge is 2.27. The van der Waals surface area contributed by atoms with Gasteiger partial charge >= 0.3 is 5.97 Å². The molecule has 0 aromatic carbocycles. The van der Waals surface area contributed by atoms with Crippen LogP contribution in [0.2, 0.25) is 0 Å². The number of aromatic nitrogens is 3. The highest BCUT2D eigenvalue weighted by molar-refractivity contribution is 6.03. The molecule has 24 heavy (non-hydrogen) atoms. The topological polar surface area (TPSA) is 80.2 Å². The lowest BCUT2D eigenvalue weighted by Gasteiger charge is -2.22. The van der Waals surface area contributed by atoms with E-state index in [-0.39, 0.29) is 11.8 Å². The third kappa shape index (κ3) is 3.41. The number of hydrogen-bond acceptors (Lipinski definition) is 5. The maximum Gasteiger partial charge on any atom is 0.339 e. The zero-order chi connectivity index (χ0) is 18.0. The Kier molecular flexibility index (Phi) is 5.23. The summed E-state index contributed by atoms with van der Waals surface area (Å²) in [6.07, 6.45) is 3.71. The van der Waals surface area contributed by atoms with Crippen molar-refractivity contribution in [3.05, 3.63) is 40.5 Å². The van der Waals surface area contributed by atoms with Crippen LogP contribution in [-0.2, 0) is 18.3 Å². The van der Waals surface area contributed by atoms with Crippen LogP contribution in [0.5, 0.6) is 0 Å². The second-order valence-corrected chi connectivity index (χ2v) is 6.09. The lowest BCUT2D eigenvalue weighted by Crippen LogP contribution is -2.36. The van der Waals surface area contributed by atoms with Crippen LogP contribution < -0.4 is 0 Å². The van der Waals surface area contributed by atoms with Crippen molar-refractivity contribution in [2.75, 3.05) is 14.2 Å². The van der Waals surface area contributed by atoms with Gasteiger partial charge in [-0.15, -0.1) is 0 Å². The molecule has 2 aromatic heterocycles. The first-order valence-corrected chi connectivity index (χ1v) is 7.75. The monoisotopic (exact) mass is 332 g/mol. The summed E-state index contributed by atoms with van der Waals surface area (Å²) in [5.41, 5.74) is 3.20. The van der Waals surface area contributed by atoms with Gasteiger partial charge < -0.3 is 9.72 Å². The number of carbonyl (C=O) groups is 2. The molecule has 0 aliphatic heterocycles. The van der Waals surface area contributed by atoms with Gasteiger partial charge in [0.05, 0.1) is 30.6 Å². The molecule has 0 amide bonds. The summed E-state index contributed by atoms with van der Waals surface area (Å²) in [5.74, 6) is -0.492. The molecule has 0 spiro atoms. The number of nitrogens with one attached hydrogen (secondary N) is 1. The first kappa shape index (κ1) is 17.9. The van der Waals surface area contributed by atoms with Crippen LogP contribution >= 0.6 is 0 Å². The number of methoxy groups -OCH3 is 1. The molecule has 0 bridgehead atoms. The minimum absolute atomic E-state index is 0.0582. The fraction of sp³-hybridized carbons (Fsp3) is 0.471. The normalized spacial score (nSPS) is 12.5. The molecule has 130 valence electrons. The molecular weight excluding hydrogens is 308 g/mol. The van der Waals surface area contributed by atoms with E-state index in [1.807, 2.05) is 32.1 Å². The quantitative estimate of drug-likeness (QED) is 0.645. The van der Waals surface area contributed by atoms with Crippen LogP contribution in [0.3, 0.4) is 0 Å². The molecular formula is C17H24N4O3. The molecule has 7 nitrogen and oxygen atoms in total. The van der Waals surface area contributed by atoms with Crippen LogP contribution in [0.1, 0.15) is 44.6 Å². The first-order valence-electron chi connectivity index (χ1n) is 7.75. The highest BCUT2D eigenvalue weighted by atomic mass is 16.5. The fourth-order valence-electron chi connectivity index (χ4n) is 2.79. The van der Waals surface area contributed by atoms with Crippen molar-refractivity contribution in [1.29, 1.82) is 0 Å². The van der Waals surface area contributed by atoms with E-state index in [1.165, 1.54) is 7.11 Å². The summed E-state index contributed by atoms with van der Waals surface area (Å²) in [6, 6.07) is -0.340. The van der Waals surface area contributed by atoms with Gasteiger partial charge in [-0.05, 0) is 33.4 Å². The second-order valence-electron chi connectivity index (χ2n) is 6.09. The minimum atomic E-state index is -0.434. The third-order valence-corrected chi connectivity index (χ3v) is 4.30. The zero-order valence-corrected chi connectivity index (χ0v) is 15.0. The molecule has 0 saturated heterocycles. The molecule has 0 fully saturated rings. The molecule has 2 heterocycles. The standard InChI is InChI=1S/C17H24N4O3/c1-10-14(17(23)24-6)11(2)19-15(10)16(22)12(3)20(4)8-13-7-18-21(5)9-13/h7,9,12,19H,8H2,1-6H3/t12-/m0/s1. The molecule has 0 radical (unpaired) electrons. The number of nitrogens with zero attached hydrogens (tertiary/aromatic N) is 3. The van der Waals surface area contributed by atoms with Crippen molar-refractivity contribution in [3.8, 4) is 0 Å². The number of ether oxygens (including phenoxy) is 1. The lowest BCUT2D eigenvalue weighted by atomic mass is 10.0. The number of carbonyl (C=O) groups excluding carboxylic acids is 2. The van der Waals surface area contributed by atoms with Gasteiger partial charge in [-0.25, -0.2) is 4.79 Å². The zero-order valence-electron chi connectivity index (χ0n) is 15.0. The van der Waals surface area contributed by atoms with Crippen molar-refractivity contribution in [2.24, 2.45) is 7.05 Å². The van der Waals surface area contributed by atoms with Crippen molar-refractivity contribution < 1.29 is 14.3 Å². The predicted molar refractivity (Wildman–Crippen MR) is 90.1 cm³/mol. The summed E-state index contributed by atoms with van der Waals surface area (Å²) in [4.78, 5) is 29.7. The van der Waals surface area contributed by atoms with Gasteiger partial charge in [0.2, 0.25) is 0 Å². The Hall–Kier alpha value is -2.41. The number of likely N-dealkylation sites (N-methyl/N-ethyl adjacent to an activating group) is 1. The Balaban J connectivity index is 2.20. The molecule has 1 N–H and O–H groups in total. The smallest absolute Gasteiger partial charge is 0.339 e. The number of hydrogen-bond donors (Lipinski definition) is 1.